The van der Waals surface area contributed by atoms with Crippen LogP contribution in [0.25, 0.3) is 0 Å². The number of nitrogens with one attached hydrogen (secondary N) is 1. The van der Waals surface area contributed by atoms with Crippen molar-refractivity contribution < 1.29 is 9.53 Å². The van der Waals surface area contributed by atoms with E-state index < -0.39 is 0 Å². The van der Waals surface area contributed by atoms with E-state index >= 15 is 0 Å². The molecule has 5 heteroatoms. The molecule has 1 N–H and O–H groups in total. The monoisotopic (exact) mass is 334 g/mol. The van der Waals surface area contributed by atoms with Gasteiger partial charge in [0.2, 0.25) is 5.91 Å². The van der Waals surface area contributed by atoms with Gasteiger partial charge in [0.1, 0.15) is 0 Å². The predicted molar refractivity (Wildman–Crippen MR) is 89.5 cm³/mol. The number of hydrogen-bond acceptors (Lipinski definition) is 3. The van der Waals surface area contributed by atoms with Crippen LogP contribution >= 0.6 is 11.6 Å². The van der Waals surface area contributed by atoms with Crippen molar-refractivity contribution in [2.24, 2.45) is 5.92 Å². The third kappa shape index (κ3) is 3.00. The summed E-state index contributed by atoms with van der Waals surface area (Å²) in [5, 5.41) is 4.38. The molecule has 0 radical (unpaired) electrons. The van der Waals surface area contributed by atoms with Crippen LogP contribution in [0, 0.1) is 5.92 Å². The van der Waals surface area contributed by atoms with Gasteiger partial charge < -0.3 is 15.0 Å². The number of ether oxygens (including phenoxy) is 1. The van der Waals surface area contributed by atoms with Crippen molar-refractivity contribution in [1.29, 1.82) is 0 Å². The second-order valence-electron chi connectivity index (χ2n) is 6.85. The number of hydrogen-bond donors (Lipinski definition) is 1. The minimum atomic E-state index is 0.0527. The number of fused-ring (bicyclic) bond motifs is 1. The summed E-state index contributed by atoms with van der Waals surface area (Å²) in [6.45, 7) is 3.87. The topological polar surface area (TPSA) is 41.6 Å². The number of amides is 1. The highest BCUT2D eigenvalue weighted by molar-refractivity contribution is 6.30. The van der Waals surface area contributed by atoms with Crippen LogP contribution in [0.4, 0.5) is 0 Å². The largest absolute Gasteiger partial charge is 0.381 e. The highest BCUT2D eigenvalue weighted by Crippen LogP contribution is 2.34. The van der Waals surface area contributed by atoms with Gasteiger partial charge in [-0.3, -0.25) is 4.79 Å². The molecule has 0 aromatic heterocycles. The molecule has 0 aliphatic carbocycles. The average Bonchev–Trinajstić information content (AvgIpc) is 3.26. The molecule has 0 bridgehead atoms. The number of rotatable bonds is 2. The molecule has 3 aliphatic rings. The molecule has 1 aromatic rings. The zero-order valence-corrected chi connectivity index (χ0v) is 14.1. The van der Waals surface area contributed by atoms with Crippen molar-refractivity contribution in [3.63, 3.8) is 0 Å². The first-order valence-electron chi connectivity index (χ1n) is 8.63. The van der Waals surface area contributed by atoms with E-state index in [1.165, 1.54) is 23.1 Å². The van der Waals surface area contributed by atoms with Gasteiger partial charge in [0.15, 0.2) is 0 Å². The molecule has 3 heterocycles. The van der Waals surface area contributed by atoms with Gasteiger partial charge in [0, 0.05) is 30.8 Å². The predicted octanol–water partition coefficient (Wildman–Crippen LogP) is 2.69. The first-order chi connectivity index (χ1) is 11.2. The van der Waals surface area contributed by atoms with Crippen molar-refractivity contribution >= 4 is 17.5 Å². The second kappa shape index (κ2) is 6.42. The van der Waals surface area contributed by atoms with Crippen LogP contribution in [-0.2, 0) is 22.5 Å². The lowest BCUT2D eigenvalue weighted by Crippen LogP contribution is -2.40. The molecule has 1 amide bonds. The summed E-state index contributed by atoms with van der Waals surface area (Å²) in [6.07, 6.45) is 4.11. The minimum absolute atomic E-state index is 0.0527. The molecule has 124 valence electrons. The van der Waals surface area contributed by atoms with Crippen molar-refractivity contribution in [3.05, 3.63) is 33.8 Å². The number of halogens is 1. The Morgan fingerprint density at radius 2 is 2.26 bits per heavy atom. The number of nitrogens with zero attached hydrogens (tertiary/aromatic N) is 1. The smallest absolute Gasteiger partial charge is 0.228 e. The molecule has 2 saturated heterocycles. The maximum absolute atomic E-state index is 12.7. The fourth-order valence-corrected chi connectivity index (χ4v) is 4.34. The fraction of sp³-hybridized carbons (Fsp3) is 0.611. The van der Waals surface area contributed by atoms with Gasteiger partial charge in [-0.15, -0.1) is 0 Å². The van der Waals surface area contributed by atoms with Gasteiger partial charge in [-0.05, 0) is 61.1 Å². The first kappa shape index (κ1) is 15.4. The van der Waals surface area contributed by atoms with Gasteiger partial charge >= 0.3 is 0 Å². The van der Waals surface area contributed by atoms with Crippen LogP contribution in [0.2, 0.25) is 5.02 Å². The van der Waals surface area contributed by atoms with E-state index in [4.69, 9.17) is 16.3 Å². The molecule has 23 heavy (non-hydrogen) atoms. The van der Waals surface area contributed by atoms with Gasteiger partial charge in [-0.2, -0.15) is 0 Å². The highest BCUT2D eigenvalue weighted by Gasteiger charge is 2.32. The molecular formula is C18H23ClN2O2. The van der Waals surface area contributed by atoms with Gasteiger partial charge in [-0.1, -0.05) is 11.6 Å². The van der Waals surface area contributed by atoms with Crippen LogP contribution in [0.1, 0.15) is 42.0 Å². The average molecular weight is 335 g/mol. The first-order valence-corrected chi connectivity index (χ1v) is 9.01. The quantitative estimate of drug-likeness (QED) is 0.904. The zero-order valence-electron chi connectivity index (χ0n) is 13.3. The Morgan fingerprint density at radius 1 is 1.35 bits per heavy atom. The van der Waals surface area contributed by atoms with E-state index in [1.807, 2.05) is 4.90 Å². The number of carbonyl (C=O) groups excluding carboxylic acids is 1. The summed E-state index contributed by atoms with van der Waals surface area (Å²) >= 11 is 6.34. The maximum atomic E-state index is 12.7. The maximum Gasteiger partial charge on any atom is 0.228 e. The van der Waals surface area contributed by atoms with Crippen LogP contribution in [0.3, 0.4) is 0 Å². The van der Waals surface area contributed by atoms with Crippen molar-refractivity contribution in [3.8, 4) is 0 Å². The van der Waals surface area contributed by atoms with Crippen LogP contribution in [0.5, 0.6) is 0 Å². The lowest BCUT2D eigenvalue weighted by molar-refractivity contribution is -0.136. The zero-order chi connectivity index (χ0) is 15.8. The molecule has 3 aliphatic heterocycles. The van der Waals surface area contributed by atoms with E-state index in [0.717, 1.165) is 43.9 Å². The molecular weight excluding hydrogens is 312 g/mol. The second-order valence-corrected chi connectivity index (χ2v) is 7.29. The Morgan fingerprint density at radius 3 is 3.00 bits per heavy atom. The Balaban J connectivity index is 1.61. The number of carbonyl (C=O) groups is 1. The van der Waals surface area contributed by atoms with Gasteiger partial charge in [0.25, 0.3) is 0 Å². The summed E-state index contributed by atoms with van der Waals surface area (Å²) in [5.41, 5.74) is 3.92. The lowest BCUT2D eigenvalue weighted by atomic mass is 9.90. The summed E-state index contributed by atoms with van der Waals surface area (Å²) in [4.78, 5) is 14.7. The Kier molecular flexibility index (Phi) is 4.31. The van der Waals surface area contributed by atoms with Crippen LogP contribution in [-0.4, -0.2) is 37.1 Å². The van der Waals surface area contributed by atoms with E-state index in [1.54, 1.807) is 0 Å². The Hall–Kier alpha value is -1.10. The Labute approximate surface area is 142 Å². The van der Waals surface area contributed by atoms with Crippen molar-refractivity contribution in [2.75, 3.05) is 26.3 Å². The molecule has 2 unspecified atom stereocenters. The van der Waals surface area contributed by atoms with Crippen LogP contribution < -0.4 is 5.32 Å². The standard InChI is InChI=1S/C18H23ClN2O2/c19-14-8-12-3-6-21(18(22)13-4-7-23-11-13)10-16(12)15(9-14)17-2-1-5-20-17/h8-9,13,17,20H,1-7,10-11H2. The van der Waals surface area contributed by atoms with Gasteiger partial charge in [0.05, 0.1) is 12.5 Å². The summed E-state index contributed by atoms with van der Waals surface area (Å²) in [5.74, 6) is 0.310. The molecule has 4 nitrogen and oxygen atoms in total. The van der Waals surface area contributed by atoms with Crippen molar-refractivity contribution in [1.82, 2.24) is 10.2 Å². The molecule has 2 fully saturated rings. The molecule has 1 aromatic carbocycles. The molecule has 4 rings (SSSR count). The third-order valence-electron chi connectivity index (χ3n) is 5.37. The van der Waals surface area contributed by atoms with Crippen LogP contribution in [0.15, 0.2) is 12.1 Å². The van der Waals surface area contributed by atoms with E-state index in [-0.39, 0.29) is 11.8 Å². The van der Waals surface area contributed by atoms with Crippen molar-refractivity contribution in [2.45, 2.75) is 38.3 Å². The fourth-order valence-electron chi connectivity index (χ4n) is 4.09. The third-order valence-corrected chi connectivity index (χ3v) is 5.59. The Bertz CT molecular complexity index is 607. The molecule has 2 atom stereocenters. The van der Waals surface area contributed by atoms with E-state index in [2.05, 4.69) is 17.4 Å². The summed E-state index contributed by atoms with van der Waals surface area (Å²) in [6, 6.07) is 4.55. The summed E-state index contributed by atoms with van der Waals surface area (Å²) in [7, 11) is 0. The molecule has 0 saturated carbocycles. The normalized spacial score (nSPS) is 27.3. The molecule has 0 spiro atoms. The highest BCUT2D eigenvalue weighted by atomic mass is 35.5. The summed E-state index contributed by atoms with van der Waals surface area (Å²) < 4.78 is 5.38. The minimum Gasteiger partial charge on any atom is -0.381 e. The van der Waals surface area contributed by atoms with E-state index in [0.29, 0.717) is 19.3 Å². The van der Waals surface area contributed by atoms with E-state index in [9.17, 15) is 4.79 Å². The lowest BCUT2D eigenvalue weighted by Gasteiger charge is -2.33. The number of benzene rings is 1. The van der Waals surface area contributed by atoms with Gasteiger partial charge in [-0.25, -0.2) is 0 Å². The SMILES string of the molecule is O=C(C1CCOC1)N1CCc2cc(Cl)cc(C3CCCN3)c2C1.